The van der Waals surface area contributed by atoms with E-state index >= 15 is 0 Å². The van der Waals surface area contributed by atoms with E-state index in [1.165, 1.54) is 0 Å². The van der Waals surface area contributed by atoms with Crippen molar-refractivity contribution >= 4 is 0 Å². The minimum Gasteiger partial charge on any atom is -0.344 e. The van der Waals surface area contributed by atoms with Crippen LogP contribution in [0, 0.1) is 0 Å². The van der Waals surface area contributed by atoms with Crippen molar-refractivity contribution < 1.29 is 9.41 Å². The van der Waals surface area contributed by atoms with Gasteiger partial charge in [0.15, 0.2) is 0 Å². The molecule has 0 aliphatic carbocycles. The fourth-order valence-corrected chi connectivity index (χ4v) is 0. The minimum absolute atomic E-state index is 0. The van der Waals surface area contributed by atoms with Gasteiger partial charge in [-0.3, -0.25) is 9.41 Å². The molecule has 1 nitrogen and oxygen atoms in total. The number of hydrogen-bond acceptors (Lipinski definition) is 1. The maximum atomic E-state index is 0. The van der Waals surface area contributed by atoms with E-state index in [2.05, 4.69) is 0 Å². The molecule has 0 aromatic rings. The third-order valence-electron chi connectivity index (χ3n) is 0. The van der Waals surface area contributed by atoms with Crippen molar-refractivity contribution in [3.63, 3.8) is 0 Å². The minimum atomic E-state index is 0. The van der Waals surface area contributed by atoms with Crippen molar-refractivity contribution in [1.82, 2.24) is 6.15 Å². The molecule has 0 saturated heterocycles. The van der Waals surface area contributed by atoms with Crippen LogP contribution in [0.4, 0.5) is 9.41 Å². The topological polar surface area (TPSA) is 35.0 Å². The SMILES string of the molecule is C.F.F.N. The van der Waals surface area contributed by atoms with Gasteiger partial charge in [-0.15, -0.1) is 0 Å². The summed E-state index contributed by atoms with van der Waals surface area (Å²) in [5.41, 5.74) is 0. The summed E-state index contributed by atoms with van der Waals surface area (Å²) < 4.78 is 0. The van der Waals surface area contributed by atoms with Crippen molar-refractivity contribution in [3.05, 3.63) is 0 Å². The average Bonchev–Trinajstić information content (AvgIpc) is 0. The summed E-state index contributed by atoms with van der Waals surface area (Å²) in [4.78, 5) is 0. The van der Waals surface area contributed by atoms with Crippen LogP contribution in [-0.4, -0.2) is 0 Å². The van der Waals surface area contributed by atoms with Gasteiger partial charge in [-0.2, -0.15) is 0 Å². The fraction of sp³-hybridized carbons (Fsp3) is 1.00. The number of rotatable bonds is 0. The van der Waals surface area contributed by atoms with Gasteiger partial charge in [-0.1, -0.05) is 7.43 Å². The molecule has 32 valence electrons. The van der Waals surface area contributed by atoms with Crippen molar-refractivity contribution in [2.45, 2.75) is 7.43 Å². The number of halogens is 2. The second-order valence-corrected chi connectivity index (χ2v) is 0. The largest absolute Gasteiger partial charge is 0.344 e. The van der Waals surface area contributed by atoms with Gasteiger partial charge >= 0.3 is 0 Å². The quantitative estimate of drug-likeness (QED) is 0.458. The van der Waals surface area contributed by atoms with Crippen LogP contribution < -0.4 is 6.15 Å². The highest BCUT2D eigenvalue weighted by Gasteiger charge is -0.0775. The molecule has 0 spiro atoms. The summed E-state index contributed by atoms with van der Waals surface area (Å²) in [7, 11) is 0. The van der Waals surface area contributed by atoms with Gasteiger partial charge in [-0.25, -0.2) is 0 Å². The van der Waals surface area contributed by atoms with Crippen LogP contribution in [0.2, 0.25) is 0 Å². The predicted octanol–water partition coefficient (Wildman–Crippen LogP) is 1.10. The second kappa shape index (κ2) is 288. The van der Waals surface area contributed by atoms with Crippen LogP contribution >= 0.6 is 0 Å². The first-order chi connectivity index (χ1) is 0. The first-order valence-corrected chi connectivity index (χ1v) is 0. The summed E-state index contributed by atoms with van der Waals surface area (Å²) in [6, 6.07) is 0. The maximum Gasteiger partial charge on any atom is -0.0776 e. The Hall–Kier alpha value is -0.180. The molecule has 0 radical (unpaired) electrons. The highest BCUT2D eigenvalue weighted by Crippen LogP contribution is 0.421. The molecule has 0 heterocycles. The normalized spacial score (nSPS) is 0. The molecule has 0 unspecified atom stereocenters. The first-order valence-electron chi connectivity index (χ1n) is 0. The van der Waals surface area contributed by atoms with Crippen molar-refractivity contribution in [2.75, 3.05) is 0 Å². The average molecular weight is 73.1 g/mol. The Kier molecular flexibility index (Phi) is 67600. The van der Waals surface area contributed by atoms with E-state index in [4.69, 9.17) is 0 Å². The number of hydrogen-bond donors (Lipinski definition) is 1. The summed E-state index contributed by atoms with van der Waals surface area (Å²) in [5, 5.41) is 0. The zero-order valence-corrected chi connectivity index (χ0v) is 1.52. The lowest BCUT2D eigenvalue weighted by Gasteiger charge is -0.344. The van der Waals surface area contributed by atoms with Crippen LogP contribution in [0.1, 0.15) is 7.43 Å². The standard InChI is InChI=1S/CH4.2FH.H3N/h1H4;2*1H;1H3. The van der Waals surface area contributed by atoms with Gasteiger partial charge < -0.3 is 6.15 Å². The molecule has 0 amide bonds. The fourth-order valence-electron chi connectivity index (χ4n) is 0. The van der Waals surface area contributed by atoms with E-state index in [-0.39, 0.29) is 23.0 Å². The van der Waals surface area contributed by atoms with Crippen molar-refractivity contribution in [1.29, 1.82) is 0 Å². The van der Waals surface area contributed by atoms with E-state index < -0.39 is 0 Å². The molecular weight excluding hydrogens is 64.0 g/mol. The van der Waals surface area contributed by atoms with Crippen molar-refractivity contribution in [3.8, 4) is 0 Å². The lowest BCUT2D eigenvalue weighted by Crippen LogP contribution is -0.481. The molecular formula is CH9F2N. The monoisotopic (exact) mass is 73.1 g/mol. The summed E-state index contributed by atoms with van der Waals surface area (Å²) in [6.07, 6.45) is 0. The molecule has 3 heteroatoms. The lowest BCUT2D eigenvalue weighted by molar-refractivity contribution is 1.11. The summed E-state index contributed by atoms with van der Waals surface area (Å²) >= 11 is 0. The molecule has 4 heavy (non-hydrogen) atoms. The Morgan fingerprint density at radius 3 is 0.750 bits per heavy atom. The molecule has 3 N–H and O–H groups in total. The highest BCUT2D eigenvalue weighted by molar-refractivity contribution is 2.50. The van der Waals surface area contributed by atoms with Crippen LogP contribution in [0.25, 0.3) is 0 Å². The predicted molar refractivity (Wildman–Crippen MR) is 16.8 cm³/mol. The molecule has 0 aromatic heterocycles. The van der Waals surface area contributed by atoms with Gasteiger partial charge in [0, 0.05) is 0 Å². The Morgan fingerprint density at radius 1 is 0.750 bits per heavy atom. The first kappa shape index (κ1) is 938. The van der Waals surface area contributed by atoms with Gasteiger partial charge in [0.1, 0.15) is 0 Å². The van der Waals surface area contributed by atoms with E-state index in [1.807, 2.05) is 0 Å². The summed E-state index contributed by atoms with van der Waals surface area (Å²) in [5.74, 6) is 0. The van der Waals surface area contributed by atoms with Crippen LogP contribution in [0.5, 0.6) is 0 Å². The van der Waals surface area contributed by atoms with Crippen LogP contribution in [0.3, 0.4) is 0 Å². The van der Waals surface area contributed by atoms with Gasteiger partial charge in [0.25, 0.3) is 0 Å². The molecule has 0 rings (SSSR count). The maximum absolute atomic E-state index is 0. The van der Waals surface area contributed by atoms with E-state index in [1.54, 1.807) is 0 Å². The molecule has 0 aliphatic heterocycles. The van der Waals surface area contributed by atoms with Gasteiger partial charge in [0.2, 0.25) is 0 Å². The van der Waals surface area contributed by atoms with Crippen LogP contribution in [0.15, 0.2) is 0 Å². The Bertz CT molecular complexity index is 6.00. The van der Waals surface area contributed by atoms with E-state index in [0.29, 0.717) is 0 Å². The summed E-state index contributed by atoms with van der Waals surface area (Å²) in [6.45, 7) is 0. The smallest absolute Gasteiger partial charge is 0.0776 e. The Labute approximate surface area is 24.3 Å². The van der Waals surface area contributed by atoms with Crippen LogP contribution in [-0.2, 0) is 0 Å². The van der Waals surface area contributed by atoms with E-state index in [0.717, 1.165) is 0 Å². The molecule has 0 bridgehead atoms. The molecule has 0 fully saturated rings. The Morgan fingerprint density at radius 2 is 0.750 bits per heavy atom. The van der Waals surface area contributed by atoms with Crippen molar-refractivity contribution in [2.24, 2.45) is 0 Å². The highest BCUT2D eigenvalue weighted by atomic mass is 19.0. The molecule has 0 aromatic carbocycles. The third kappa shape index (κ3) is 37.8. The Balaban J connectivity index is 0. The van der Waals surface area contributed by atoms with E-state index in [9.17, 15) is 0 Å². The lowest BCUT2D eigenvalue weighted by atomic mass is 12.0. The van der Waals surface area contributed by atoms with Gasteiger partial charge in [0.05, 0.1) is 0 Å². The molecule has 0 saturated carbocycles. The van der Waals surface area contributed by atoms with Gasteiger partial charge in [-0.05, 0) is 0 Å². The molecule has 0 atom stereocenters. The zero-order valence-electron chi connectivity index (χ0n) is 1.52. The molecule has 0 aliphatic rings. The zero-order chi connectivity index (χ0) is 0. The second-order valence-electron chi connectivity index (χ2n) is 0. The third-order valence-corrected chi connectivity index (χ3v) is 0.